The Morgan fingerprint density at radius 2 is 1.81 bits per heavy atom. The molecule has 0 spiro atoms. The van der Waals surface area contributed by atoms with Crippen LogP contribution in [0.15, 0.2) is 18.2 Å². The number of methoxy groups -OCH3 is 2. The number of carbonyl (C=O) groups is 3. The maximum absolute atomic E-state index is 13.0. The van der Waals surface area contributed by atoms with E-state index in [1.54, 1.807) is 55.9 Å². The van der Waals surface area contributed by atoms with Crippen LogP contribution in [0.4, 0.5) is 10.5 Å². The first kappa shape index (κ1) is 22.7. The van der Waals surface area contributed by atoms with Crippen LogP contribution in [0.2, 0.25) is 0 Å². The van der Waals surface area contributed by atoms with Gasteiger partial charge < -0.3 is 29.3 Å². The van der Waals surface area contributed by atoms with Gasteiger partial charge in [0.1, 0.15) is 5.60 Å². The molecule has 2 heterocycles. The van der Waals surface area contributed by atoms with E-state index < -0.39 is 17.6 Å². The number of benzene rings is 1. The fraction of sp³-hybridized carbons (Fsp3) is 0.591. The molecule has 0 aliphatic carbocycles. The summed E-state index contributed by atoms with van der Waals surface area (Å²) in [6, 6.07) is 5.10. The van der Waals surface area contributed by atoms with Crippen LogP contribution in [0.1, 0.15) is 33.6 Å². The first-order valence-corrected chi connectivity index (χ1v) is 10.4. The van der Waals surface area contributed by atoms with E-state index in [9.17, 15) is 14.4 Å². The van der Waals surface area contributed by atoms with Gasteiger partial charge in [-0.15, -0.1) is 0 Å². The van der Waals surface area contributed by atoms with Gasteiger partial charge in [0.05, 0.1) is 26.2 Å². The molecule has 9 heteroatoms. The Labute approximate surface area is 182 Å². The molecule has 2 atom stereocenters. The molecule has 0 radical (unpaired) electrons. The van der Waals surface area contributed by atoms with Crippen molar-refractivity contribution in [2.45, 2.75) is 45.3 Å². The Bertz CT molecular complexity index is 850. The molecule has 1 N–H and O–H groups in total. The van der Waals surface area contributed by atoms with Crippen LogP contribution in [-0.4, -0.2) is 68.3 Å². The van der Waals surface area contributed by atoms with E-state index >= 15 is 0 Å². The molecule has 2 aliphatic rings. The van der Waals surface area contributed by atoms with Crippen LogP contribution in [0.25, 0.3) is 0 Å². The molecule has 0 bridgehead atoms. The molecule has 0 saturated carbocycles. The van der Waals surface area contributed by atoms with Crippen LogP contribution in [0.3, 0.4) is 0 Å². The lowest BCUT2D eigenvalue weighted by atomic mass is 10.1. The second kappa shape index (κ2) is 9.03. The van der Waals surface area contributed by atoms with Crippen molar-refractivity contribution in [3.05, 3.63) is 18.2 Å². The lowest BCUT2D eigenvalue weighted by molar-refractivity contribution is -0.134. The zero-order chi connectivity index (χ0) is 22.8. The number of nitrogens with one attached hydrogen (secondary N) is 1. The summed E-state index contributed by atoms with van der Waals surface area (Å²) in [5.41, 5.74) is 0.0968. The average Bonchev–Trinajstić information content (AvgIpc) is 3.32. The lowest BCUT2D eigenvalue weighted by Crippen LogP contribution is -2.42. The topological polar surface area (TPSA) is 97.4 Å². The summed E-state index contributed by atoms with van der Waals surface area (Å²) in [6.07, 6.45) is 0.335. The first-order chi connectivity index (χ1) is 14.6. The minimum atomic E-state index is -0.573. The summed E-state index contributed by atoms with van der Waals surface area (Å²) >= 11 is 0. The van der Waals surface area contributed by atoms with Crippen molar-refractivity contribution in [2.24, 2.45) is 5.92 Å². The zero-order valence-electron chi connectivity index (χ0n) is 18.8. The molecule has 0 aromatic heterocycles. The van der Waals surface area contributed by atoms with Gasteiger partial charge in [-0.25, -0.2) is 4.79 Å². The fourth-order valence-electron chi connectivity index (χ4n) is 3.93. The Kier molecular flexibility index (Phi) is 6.62. The molecule has 1 unspecified atom stereocenters. The van der Waals surface area contributed by atoms with E-state index in [4.69, 9.17) is 14.2 Å². The van der Waals surface area contributed by atoms with Gasteiger partial charge in [0.2, 0.25) is 11.8 Å². The molecule has 170 valence electrons. The van der Waals surface area contributed by atoms with Crippen molar-refractivity contribution < 1.29 is 28.6 Å². The van der Waals surface area contributed by atoms with Crippen LogP contribution < -0.4 is 19.7 Å². The fourth-order valence-corrected chi connectivity index (χ4v) is 3.93. The van der Waals surface area contributed by atoms with Crippen LogP contribution in [0, 0.1) is 5.92 Å². The molecule has 31 heavy (non-hydrogen) atoms. The van der Waals surface area contributed by atoms with Gasteiger partial charge in [0.25, 0.3) is 0 Å². The van der Waals surface area contributed by atoms with E-state index in [0.29, 0.717) is 43.2 Å². The predicted octanol–water partition coefficient (Wildman–Crippen LogP) is 2.18. The number of alkyl carbamates (subject to hydrolysis) is 1. The normalized spacial score (nSPS) is 21.3. The SMILES string of the molecule is COc1ccc(N2CC(C(=O)N3CC[C@H](NC(=O)OC(C)(C)C)C3)CC2=O)cc1OC. The van der Waals surface area contributed by atoms with Gasteiger partial charge in [-0.2, -0.15) is 0 Å². The van der Waals surface area contributed by atoms with Crippen LogP contribution in [0.5, 0.6) is 11.5 Å². The summed E-state index contributed by atoms with van der Waals surface area (Å²) < 4.78 is 15.8. The Hall–Kier alpha value is -2.97. The summed E-state index contributed by atoms with van der Waals surface area (Å²) in [4.78, 5) is 40.9. The summed E-state index contributed by atoms with van der Waals surface area (Å²) in [6.45, 7) is 6.68. The van der Waals surface area contributed by atoms with Gasteiger partial charge in [0.15, 0.2) is 11.5 Å². The molecule has 3 amide bonds. The number of nitrogens with zero attached hydrogens (tertiary/aromatic N) is 2. The number of hydrogen-bond donors (Lipinski definition) is 1. The third-order valence-electron chi connectivity index (χ3n) is 5.37. The number of rotatable bonds is 5. The van der Waals surface area contributed by atoms with E-state index in [0.717, 1.165) is 0 Å². The van der Waals surface area contributed by atoms with E-state index in [-0.39, 0.29) is 24.3 Å². The zero-order valence-corrected chi connectivity index (χ0v) is 18.8. The maximum atomic E-state index is 13.0. The van der Waals surface area contributed by atoms with Crippen molar-refractivity contribution >= 4 is 23.6 Å². The molecule has 9 nitrogen and oxygen atoms in total. The molecule has 2 fully saturated rings. The van der Waals surface area contributed by atoms with Gasteiger partial charge in [-0.05, 0) is 39.3 Å². The number of carbonyl (C=O) groups excluding carboxylic acids is 3. The highest BCUT2D eigenvalue weighted by Crippen LogP contribution is 2.34. The van der Waals surface area contributed by atoms with Crippen LogP contribution >= 0.6 is 0 Å². The number of ether oxygens (including phenoxy) is 3. The molecule has 2 aliphatic heterocycles. The van der Waals surface area contributed by atoms with Crippen molar-refractivity contribution in [2.75, 3.05) is 38.8 Å². The van der Waals surface area contributed by atoms with E-state index in [2.05, 4.69) is 5.32 Å². The van der Waals surface area contributed by atoms with Crippen molar-refractivity contribution in [3.8, 4) is 11.5 Å². The third-order valence-corrected chi connectivity index (χ3v) is 5.37. The van der Waals surface area contributed by atoms with E-state index in [1.807, 2.05) is 0 Å². The van der Waals surface area contributed by atoms with Gasteiger partial charge >= 0.3 is 6.09 Å². The maximum Gasteiger partial charge on any atom is 0.407 e. The molecule has 1 aromatic carbocycles. The van der Waals surface area contributed by atoms with E-state index in [1.165, 1.54) is 7.11 Å². The number of hydrogen-bond acceptors (Lipinski definition) is 6. The van der Waals surface area contributed by atoms with Crippen molar-refractivity contribution in [3.63, 3.8) is 0 Å². The van der Waals surface area contributed by atoms with Crippen LogP contribution in [-0.2, 0) is 14.3 Å². The summed E-state index contributed by atoms with van der Waals surface area (Å²) in [7, 11) is 3.09. The van der Waals surface area contributed by atoms with Gasteiger partial charge in [-0.1, -0.05) is 0 Å². The minimum Gasteiger partial charge on any atom is -0.493 e. The highest BCUT2D eigenvalue weighted by atomic mass is 16.6. The minimum absolute atomic E-state index is 0.0650. The number of likely N-dealkylation sites (tertiary alicyclic amines) is 1. The molecule has 1 aromatic rings. The second-order valence-electron chi connectivity index (χ2n) is 8.86. The second-order valence-corrected chi connectivity index (χ2v) is 8.86. The monoisotopic (exact) mass is 433 g/mol. The number of amides is 3. The summed E-state index contributed by atoms with van der Waals surface area (Å²) in [5.74, 6) is 0.517. The molecular formula is C22H31N3O6. The standard InChI is InChI=1S/C22H31N3O6/c1-22(2,3)31-21(28)23-15-8-9-24(13-15)20(27)14-10-19(26)25(12-14)16-6-7-17(29-4)18(11-16)30-5/h6-7,11,14-15H,8-10,12-13H2,1-5H3,(H,23,28)/t14?,15-/m0/s1. The Morgan fingerprint density at radius 3 is 2.45 bits per heavy atom. The molecule has 3 rings (SSSR count). The van der Waals surface area contributed by atoms with Crippen molar-refractivity contribution in [1.82, 2.24) is 10.2 Å². The van der Waals surface area contributed by atoms with Gasteiger partial charge in [0, 0.05) is 37.8 Å². The van der Waals surface area contributed by atoms with Crippen molar-refractivity contribution in [1.29, 1.82) is 0 Å². The lowest BCUT2D eigenvalue weighted by Gasteiger charge is -2.23. The molecular weight excluding hydrogens is 402 g/mol. The largest absolute Gasteiger partial charge is 0.493 e. The number of anilines is 1. The first-order valence-electron chi connectivity index (χ1n) is 10.4. The van der Waals surface area contributed by atoms with Gasteiger partial charge in [-0.3, -0.25) is 9.59 Å². The highest BCUT2D eigenvalue weighted by Gasteiger charge is 2.39. The quantitative estimate of drug-likeness (QED) is 0.765. The third kappa shape index (κ3) is 5.39. The molecule has 2 saturated heterocycles. The average molecular weight is 434 g/mol. The Balaban J connectivity index is 1.59. The predicted molar refractivity (Wildman–Crippen MR) is 114 cm³/mol. The Morgan fingerprint density at radius 1 is 1.10 bits per heavy atom. The smallest absolute Gasteiger partial charge is 0.407 e. The highest BCUT2D eigenvalue weighted by molar-refractivity contribution is 6.00. The summed E-state index contributed by atoms with van der Waals surface area (Å²) in [5, 5.41) is 2.82.